The van der Waals surface area contributed by atoms with Crippen LogP contribution in [-0.2, 0) is 46.5 Å². The van der Waals surface area contributed by atoms with E-state index in [1.807, 2.05) is 58.9 Å². The van der Waals surface area contributed by atoms with E-state index >= 15 is 0 Å². The van der Waals surface area contributed by atoms with E-state index in [0.717, 1.165) is 24.0 Å². The monoisotopic (exact) mass is 847 g/mol. The van der Waals surface area contributed by atoms with Gasteiger partial charge in [-0.2, -0.15) is 0 Å². The van der Waals surface area contributed by atoms with Gasteiger partial charge in [0.1, 0.15) is 18.2 Å². The lowest BCUT2D eigenvalue weighted by Crippen LogP contribution is -2.62. The summed E-state index contributed by atoms with van der Waals surface area (Å²) in [5.74, 6) is -3.50. The normalized spacial score (nSPS) is 21.7. The van der Waals surface area contributed by atoms with E-state index in [1.54, 1.807) is 25.7 Å². The number of hydrogen-bond acceptors (Lipinski definition) is 9. The first-order chi connectivity index (χ1) is 28.5. The molecule has 1 aromatic rings. The maximum atomic E-state index is 14.8. The molecule has 61 heavy (non-hydrogen) atoms. The molecule has 0 bridgehead atoms. The summed E-state index contributed by atoms with van der Waals surface area (Å²) in [5, 5.41) is 11.0. The van der Waals surface area contributed by atoms with Crippen LogP contribution in [0.3, 0.4) is 0 Å². The predicted octanol–water partition coefficient (Wildman–Crippen LogP) is 3.61. The zero-order valence-electron chi connectivity index (χ0n) is 37.1. The van der Waals surface area contributed by atoms with E-state index < -0.39 is 82.1 Å². The van der Waals surface area contributed by atoms with E-state index in [-0.39, 0.29) is 63.0 Å². The lowest BCUT2D eigenvalue weighted by atomic mass is 9.80. The molecule has 2 saturated heterocycles. The molecule has 4 aliphatic rings. The van der Waals surface area contributed by atoms with Crippen LogP contribution in [0.5, 0.6) is 0 Å². The van der Waals surface area contributed by atoms with Gasteiger partial charge in [0, 0.05) is 45.4 Å². The Labute approximate surface area is 359 Å². The molecule has 3 heterocycles. The number of benzene rings is 1. The minimum Gasteiger partial charge on any atom is -0.444 e. The van der Waals surface area contributed by atoms with Crippen LogP contribution in [0.25, 0.3) is 0 Å². The third-order valence-corrected chi connectivity index (χ3v) is 12.0. The van der Waals surface area contributed by atoms with Crippen molar-refractivity contribution in [3.63, 3.8) is 0 Å². The lowest BCUT2D eigenvalue weighted by molar-refractivity contribution is -0.153. The molecule has 1 saturated carbocycles. The molecular weight excluding hydrogens is 783 g/mol. The second-order valence-corrected chi connectivity index (χ2v) is 20.0. The van der Waals surface area contributed by atoms with Gasteiger partial charge in [-0.05, 0) is 46.1 Å². The van der Waals surface area contributed by atoms with Gasteiger partial charge in [-0.15, -0.1) is 6.58 Å². The summed E-state index contributed by atoms with van der Waals surface area (Å²) in [6, 6.07) is 2.81. The standard InChI is InChI=1S/C45H65N7O9/c1-10-18-46-39(57)36(55)31(20-27-15-16-27)47-38(56)32-21-30(61-42(60)50-19-17-28-13-11-12-14-29(28)24-50)25-51(32)40(58)37(44(5,6)7)49-41(59)48-33(43(2,3)4)26-52-34(53)22-45(8,9)23-35(52)54/h10-14,27,30-33,37H,1,15-26H2,2-9H3,(H,46,57)(H,47,56)(H2,48,49,59)/t30-,31?,32+,33-,37-/m1/s1. The highest BCUT2D eigenvalue weighted by atomic mass is 16.6. The van der Waals surface area contributed by atoms with E-state index in [2.05, 4.69) is 27.8 Å². The highest BCUT2D eigenvalue weighted by Gasteiger charge is 2.48. The van der Waals surface area contributed by atoms with Gasteiger partial charge in [0.25, 0.3) is 5.91 Å². The van der Waals surface area contributed by atoms with Crippen molar-refractivity contribution in [2.75, 3.05) is 26.2 Å². The van der Waals surface area contributed by atoms with E-state index in [9.17, 15) is 38.4 Å². The summed E-state index contributed by atoms with van der Waals surface area (Å²) < 4.78 is 5.99. The number of nitrogens with one attached hydrogen (secondary N) is 4. The molecule has 0 radical (unpaired) electrons. The Kier molecular flexibility index (Phi) is 14.4. The maximum absolute atomic E-state index is 14.8. The summed E-state index contributed by atoms with van der Waals surface area (Å²) in [6.45, 7) is 18.8. The second-order valence-electron chi connectivity index (χ2n) is 20.0. The number of imide groups is 1. The number of ether oxygens (including phenoxy) is 1. The fourth-order valence-corrected chi connectivity index (χ4v) is 8.12. The molecule has 8 amide bonds. The third kappa shape index (κ3) is 12.2. The van der Waals surface area contributed by atoms with E-state index in [4.69, 9.17) is 4.74 Å². The van der Waals surface area contributed by atoms with Crippen LogP contribution in [0.15, 0.2) is 36.9 Å². The van der Waals surface area contributed by atoms with Gasteiger partial charge < -0.3 is 35.8 Å². The van der Waals surface area contributed by atoms with Crippen molar-refractivity contribution in [1.29, 1.82) is 0 Å². The smallest absolute Gasteiger partial charge is 0.410 e. The highest BCUT2D eigenvalue weighted by molar-refractivity contribution is 6.38. The van der Waals surface area contributed by atoms with Gasteiger partial charge in [-0.3, -0.25) is 33.7 Å². The number of urea groups is 1. The molecule has 0 spiro atoms. The quantitative estimate of drug-likeness (QED) is 0.123. The van der Waals surface area contributed by atoms with Crippen LogP contribution in [0.1, 0.15) is 105 Å². The SMILES string of the molecule is C=CCNC(=O)C(=O)C(CC1CC1)NC(=O)[C@@H]1C[C@@H](OC(=O)N2CCc3ccccc3C2)CN1C(=O)[C@@H](NC(=O)N[C@H](CN1C(=O)CC(C)(C)CC1=O)C(C)(C)C)C(C)(C)C. The van der Waals surface area contributed by atoms with Gasteiger partial charge in [0.05, 0.1) is 18.6 Å². The molecule has 334 valence electrons. The topological polar surface area (TPSA) is 204 Å². The van der Waals surface area contributed by atoms with Crippen LogP contribution in [0, 0.1) is 22.2 Å². The fourth-order valence-electron chi connectivity index (χ4n) is 8.12. The Bertz CT molecular complexity index is 1880. The van der Waals surface area contributed by atoms with E-state index in [0.29, 0.717) is 19.5 Å². The number of rotatable bonds is 14. The Balaban J connectivity index is 1.37. The molecule has 5 atom stereocenters. The van der Waals surface area contributed by atoms with Crippen LogP contribution in [0.2, 0.25) is 0 Å². The number of Topliss-reactive ketones (excluding diaryl/α,β-unsaturated/α-hetero) is 1. The predicted molar refractivity (Wildman–Crippen MR) is 226 cm³/mol. The molecule has 0 aromatic heterocycles. The van der Waals surface area contributed by atoms with Gasteiger partial charge in [0.2, 0.25) is 29.4 Å². The number of fused-ring (bicyclic) bond motifs is 1. The molecule has 16 heteroatoms. The summed E-state index contributed by atoms with van der Waals surface area (Å²) in [5.41, 5.74) is 0.141. The van der Waals surface area contributed by atoms with Gasteiger partial charge in [-0.1, -0.05) is 98.6 Å². The number of likely N-dealkylation sites (tertiary alicyclic amines) is 2. The lowest BCUT2D eigenvalue weighted by Gasteiger charge is -2.40. The molecule has 1 aromatic carbocycles. The molecule has 3 aliphatic heterocycles. The third-order valence-electron chi connectivity index (χ3n) is 12.0. The molecule has 1 unspecified atom stereocenters. The molecule has 1 aliphatic carbocycles. The Morgan fingerprint density at radius 1 is 0.918 bits per heavy atom. The summed E-state index contributed by atoms with van der Waals surface area (Å²) in [7, 11) is 0. The molecule has 3 fully saturated rings. The first-order valence-electron chi connectivity index (χ1n) is 21.4. The fraction of sp³-hybridized carbons (Fsp3) is 0.644. The van der Waals surface area contributed by atoms with E-state index in [1.165, 1.54) is 15.9 Å². The zero-order valence-corrected chi connectivity index (χ0v) is 37.1. The summed E-state index contributed by atoms with van der Waals surface area (Å²) >= 11 is 0. The molecule has 5 rings (SSSR count). The highest BCUT2D eigenvalue weighted by Crippen LogP contribution is 2.35. The maximum Gasteiger partial charge on any atom is 0.410 e. The van der Waals surface area contributed by atoms with Crippen LogP contribution in [-0.4, -0.2) is 119 Å². The van der Waals surface area contributed by atoms with Gasteiger partial charge in [0.15, 0.2) is 0 Å². The van der Waals surface area contributed by atoms with Crippen molar-refractivity contribution < 1.29 is 43.1 Å². The van der Waals surface area contributed by atoms with Crippen LogP contribution >= 0.6 is 0 Å². The van der Waals surface area contributed by atoms with Crippen molar-refractivity contribution in [2.45, 2.75) is 137 Å². The van der Waals surface area contributed by atoms with Gasteiger partial charge >= 0.3 is 12.1 Å². The summed E-state index contributed by atoms with van der Waals surface area (Å²) in [6.07, 6.45) is 2.79. The Morgan fingerprint density at radius 2 is 1.56 bits per heavy atom. The summed E-state index contributed by atoms with van der Waals surface area (Å²) in [4.78, 5) is 113. The number of carbonyl (C=O) groups is 8. The number of carbonyl (C=O) groups excluding carboxylic acids is 8. The Hall–Kier alpha value is -5.28. The average Bonchev–Trinajstić information content (AvgIpc) is 3.89. The first kappa shape index (κ1) is 46.8. The number of hydrogen-bond donors (Lipinski definition) is 4. The number of ketones is 1. The van der Waals surface area contributed by atoms with Crippen molar-refractivity contribution in [3.8, 4) is 0 Å². The minimum atomic E-state index is -1.23. The average molecular weight is 848 g/mol. The van der Waals surface area contributed by atoms with Crippen LogP contribution in [0.4, 0.5) is 9.59 Å². The molecule has 4 N–H and O–H groups in total. The van der Waals surface area contributed by atoms with Crippen LogP contribution < -0.4 is 21.3 Å². The van der Waals surface area contributed by atoms with Crippen molar-refractivity contribution in [1.82, 2.24) is 36.0 Å². The number of nitrogens with zero attached hydrogens (tertiary/aromatic N) is 3. The van der Waals surface area contributed by atoms with Crippen molar-refractivity contribution in [3.05, 3.63) is 48.0 Å². The van der Waals surface area contributed by atoms with Crippen molar-refractivity contribution in [2.24, 2.45) is 22.2 Å². The second kappa shape index (κ2) is 18.8. The first-order valence-corrected chi connectivity index (χ1v) is 21.4. The zero-order chi connectivity index (χ0) is 45.0. The molecule has 16 nitrogen and oxygen atoms in total. The number of piperidine rings is 1. The largest absolute Gasteiger partial charge is 0.444 e. The van der Waals surface area contributed by atoms with Gasteiger partial charge in [-0.25, -0.2) is 9.59 Å². The van der Waals surface area contributed by atoms with Crippen molar-refractivity contribution >= 4 is 47.4 Å². The number of amides is 8. The minimum absolute atomic E-state index is 0.0603. The molecular formula is C45H65N7O9. The Morgan fingerprint density at radius 3 is 2.15 bits per heavy atom.